The molecule has 5 heteroatoms. The van der Waals surface area contributed by atoms with Gasteiger partial charge in [-0.2, -0.15) is 5.10 Å². The third-order valence-electron chi connectivity index (χ3n) is 3.69. The van der Waals surface area contributed by atoms with E-state index in [-0.39, 0.29) is 0 Å². The third kappa shape index (κ3) is 3.09. The van der Waals surface area contributed by atoms with Crippen LogP contribution < -0.4 is 0 Å². The van der Waals surface area contributed by atoms with Gasteiger partial charge in [-0.05, 0) is 30.3 Å². The molecule has 0 aliphatic rings. The maximum Gasteiger partial charge on any atom is 0.216 e. The van der Waals surface area contributed by atoms with Crippen molar-refractivity contribution in [3.63, 3.8) is 0 Å². The highest BCUT2D eigenvalue weighted by molar-refractivity contribution is 6.30. The van der Waals surface area contributed by atoms with Crippen molar-refractivity contribution < 1.29 is 4.42 Å². The zero-order valence-electron chi connectivity index (χ0n) is 12.8. The lowest BCUT2D eigenvalue weighted by Crippen LogP contribution is -2.00. The molecule has 2 aromatic carbocycles. The van der Waals surface area contributed by atoms with E-state index in [2.05, 4.69) is 10.1 Å². The molecule has 0 saturated heterocycles. The summed E-state index contributed by atoms with van der Waals surface area (Å²) in [6, 6.07) is 19.5. The Morgan fingerprint density at radius 2 is 1.71 bits per heavy atom. The van der Waals surface area contributed by atoms with E-state index in [9.17, 15) is 0 Å². The minimum atomic E-state index is 0.487. The van der Waals surface area contributed by atoms with Crippen LogP contribution in [0.1, 0.15) is 5.89 Å². The molecule has 0 aliphatic carbocycles. The second-order valence-corrected chi connectivity index (χ2v) is 5.83. The van der Waals surface area contributed by atoms with Crippen LogP contribution in [0.15, 0.2) is 77.5 Å². The molecule has 0 aliphatic heterocycles. The minimum absolute atomic E-state index is 0.487. The van der Waals surface area contributed by atoms with E-state index < -0.39 is 0 Å². The van der Waals surface area contributed by atoms with Gasteiger partial charge in [0.2, 0.25) is 5.89 Å². The molecule has 2 heterocycles. The van der Waals surface area contributed by atoms with Crippen LogP contribution in [0.2, 0.25) is 5.02 Å². The molecule has 0 atom stereocenters. The van der Waals surface area contributed by atoms with E-state index in [0.29, 0.717) is 17.5 Å². The van der Waals surface area contributed by atoms with Gasteiger partial charge in [0, 0.05) is 22.3 Å². The molecule has 0 spiro atoms. The van der Waals surface area contributed by atoms with Crippen molar-refractivity contribution in [1.29, 1.82) is 0 Å². The number of hydrogen-bond acceptors (Lipinski definition) is 3. The summed E-state index contributed by atoms with van der Waals surface area (Å²) in [5, 5.41) is 5.27. The largest absolute Gasteiger partial charge is 0.439 e. The lowest BCUT2D eigenvalue weighted by atomic mass is 10.2. The van der Waals surface area contributed by atoms with Crippen molar-refractivity contribution in [1.82, 2.24) is 14.8 Å². The molecule has 0 radical (unpaired) electrons. The monoisotopic (exact) mass is 335 g/mol. The van der Waals surface area contributed by atoms with Gasteiger partial charge in [0.05, 0.1) is 11.9 Å². The van der Waals surface area contributed by atoms with Crippen LogP contribution in [0, 0.1) is 0 Å². The van der Waals surface area contributed by atoms with Crippen LogP contribution in [0.25, 0.3) is 22.6 Å². The van der Waals surface area contributed by atoms with Gasteiger partial charge in [-0.1, -0.05) is 41.9 Å². The first-order valence-corrected chi connectivity index (χ1v) is 7.95. The molecule has 0 N–H and O–H groups in total. The lowest BCUT2D eigenvalue weighted by Gasteiger charge is -1.99. The fourth-order valence-corrected chi connectivity index (χ4v) is 2.61. The molecule has 4 nitrogen and oxygen atoms in total. The maximum atomic E-state index is 5.91. The Balaban J connectivity index is 1.52. The molecule has 24 heavy (non-hydrogen) atoms. The number of aromatic nitrogens is 3. The van der Waals surface area contributed by atoms with Crippen LogP contribution in [0.4, 0.5) is 0 Å². The number of hydrogen-bond donors (Lipinski definition) is 0. The lowest BCUT2D eigenvalue weighted by molar-refractivity contribution is 0.474. The first kappa shape index (κ1) is 14.7. The quantitative estimate of drug-likeness (QED) is 0.532. The van der Waals surface area contributed by atoms with Gasteiger partial charge < -0.3 is 4.42 Å². The highest BCUT2D eigenvalue weighted by Crippen LogP contribution is 2.23. The third-order valence-corrected chi connectivity index (χ3v) is 3.94. The summed E-state index contributed by atoms with van der Waals surface area (Å²) in [5.41, 5.74) is 2.97. The predicted octanol–water partition coefficient (Wildman–Crippen LogP) is 4.91. The highest BCUT2D eigenvalue weighted by Gasteiger charge is 2.08. The molecule has 0 amide bonds. The Labute approximate surface area is 144 Å². The Kier molecular flexibility index (Phi) is 3.89. The van der Waals surface area contributed by atoms with Crippen LogP contribution in [0.5, 0.6) is 0 Å². The van der Waals surface area contributed by atoms with Crippen molar-refractivity contribution in [3.8, 4) is 22.6 Å². The van der Waals surface area contributed by atoms with Gasteiger partial charge in [-0.25, -0.2) is 4.98 Å². The van der Waals surface area contributed by atoms with Gasteiger partial charge in [0.1, 0.15) is 6.54 Å². The van der Waals surface area contributed by atoms with Crippen molar-refractivity contribution in [2.75, 3.05) is 0 Å². The minimum Gasteiger partial charge on any atom is -0.439 e. The van der Waals surface area contributed by atoms with Gasteiger partial charge in [0.15, 0.2) is 5.76 Å². The fourth-order valence-electron chi connectivity index (χ4n) is 2.48. The summed E-state index contributed by atoms with van der Waals surface area (Å²) in [7, 11) is 0. The number of halogens is 1. The molecule has 118 valence electrons. The molecule has 4 rings (SSSR count). The van der Waals surface area contributed by atoms with Crippen molar-refractivity contribution >= 4 is 11.6 Å². The zero-order chi connectivity index (χ0) is 16.4. The molecular weight excluding hydrogens is 322 g/mol. The fraction of sp³-hybridized carbons (Fsp3) is 0.0526. The van der Waals surface area contributed by atoms with E-state index in [0.717, 1.165) is 22.6 Å². The number of rotatable bonds is 4. The van der Waals surface area contributed by atoms with Gasteiger partial charge in [0.25, 0.3) is 0 Å². The molecule has 0 fully saturated rings. The average Bonchev–Trinajstić information content (AvgIpc) is 3.27. The standard InChI is InChI=1S/C19H14ClN3O/c20-16-8-6-15(7-9-16)18-12-21-19(24-18)13-23-11-10-17(22-23)14-4-2-1-3-5-14/h1-12H,13H2. The summed E-state index contributed by atoms with van der Waals surface area (Å²) in [6.07, 6.45) is 3.65. The highest BCUT2D eigenvalue weighted by atomic mass is 35.5. The normalized spacial score (nSPS) is 10.9. The van der Waals surface area contributed by atoms with Crippen LogP contribution >= 0.6 is 11.6 Å². The second-order valence-electron chi connectivity index (χ2n) is 5.39. The van der Waals surface area contributed by atoms with E-state index in [4.69, 9.17) is 16.0 Å². The molecule has 4 aromatic rings. The van der Waals surface area contributed by atoms with Gasteiger partial charge in [-0.15, -0.1) is 0 Å². The topological polar surface area (TPSA) is 43.9 Å². The van der Waals surface area contributed by atoms with Gasteiger partial charge in [-0.3, -0.25) is 4.68 Å². The van der Waals surface area contributed by atoms with Crippen molar-refractivity contribution in [2.45, 2.75) is 6.54 Å². The van der Waals surface area contributed by atoms with E-state index >= 15 is 0 Å². The van der Waals surface area contributed by atoms with E-state index in [1.807, 2.05) is 71.5 Å². The molecule has 0 saturated carbocycles. The number of nitrogens with zero attached hydrogens (tertiary/aromatic N) is 3. The summed E-state index contributed by atoms with van der Waals surface area (Å²) < 4.78 is 7.63. The zero-order valence-corrected chi connectivity index (χ0v) is 13.5. The average molecular weight is 336 g/mol. The second kappa shape index (κ2) is 6.34. The van der Waals surface area contributed by atoms with Crippen molar-refractivity contribution in [3.05, 3.63) is 84.0 Å². The summed E-state index contributed by atoms with van der Waals surface area (Å²) in [6.45, 7) is 0.487. The Hall–Kier alpha value is -2.85. The first-order chi connectivity index (χ1) is 11.8. The summed E-state index contributed by atoms with van der Waals surface area (Å²) >= 11 is 5.91. The van der Waals surface area contributed by atoms with Crippen LogP contribution in [-0.4, -0.2) is 14.8 Å². The maximum absolute atomic E-state index is 5.91. The smallest absolute Gasteiger partial charge is 0.216 e. The van der Waals surface area contributed by atoms with Crippen LogP contribution in [0.3, 0.4) is 0 Å². The van der Waals surface area contributed by atoms with E-state index in [1.165, 1.54) is 0 Å². The SMILES string of the molecule is Clc1ccc(-c2cnc(Cn3ccc(-c4ccccc4)n3)o2)cc1. The summed E-state index contributed by atoms with van der Waals surface area (Å²) in [5.74, 6) is 1.33. The van der Waals surface area contributed by atoms with Crippen LogP contribution in [-0.2, 0) is 6.54 Å². The van der Waals surface area contributed by atoms with Crippen molar-refractivity contribution in [2.24, 2.45) is 0 Å². The summed E-state index contributed by atoms with van der Waals surface area (Å²) in [4.78, 5) is 4.33. The number of oxazole rings is 1. The molecule has 2 aromatic heterocycles. The predicted molar refractivity (Wildman–Crippen MR) is 93.7 cm³/mol. The molecule has 0 unspecified atom stereocenters. The Morgan fingerprint density at radius 3 is 2.50 bits per heavy atom. The molecule has 0 bridgehead atoms. The Bertz CT molecular complexity index is 942. The van der Waals surface area contributed by atoms with Gasteiger partial charge >= 0.3 is 0 Å². The first-order valence-electron chi connectivity index (χ1n) is 7.57. The number of benzene rings is 2. The van der Waals surface area contributed by atoms with E-state index in [1.54, 1.807) is 6.20 Å². The molecular formula is C19H14ClN3O. The Morgan fingerprint density at radius 1 is 0.917 bits per heavy atom.